The van der Waals surface area contributed by atoms with Gasteiger partial charge in [0, 0.05) is 29.2 Å². The zero-order valence-corrected chi connectivity index (χ0v) is 8.99. The fraction of sp³-hybridized carbons (Fsp3) is 0.154. The van der Waals surface area contributed by atoms with Crippen LogP contribution in [-0.2, 0) is 0 Å². The number of aromatic nitrogens is 1. The maximum absolute atomic E-state index is 5.98. The van der Waals surface area contributed by atoms with Crippen LogP contribution in [0.5, 0.6) is 0 Å². The lowest BCUT2D eigenvalue weighted by molar-refractivity contribution is 1.27. The van der Waals surface area contributed by atoms with E-state index in [0.717, 1.165) is 22.4 Å². The van der Waals surface area contributed by atoms with Gasteiger partial charge in [0.05, 0.1) is 0 Å². The molecule has 0 bridgehead atoms. The van der Waals surface area contributed by atoms with Gasteiger partial charge in [0.15, 0.2) is 0 Å². The highest BCUT2D eigenvalue weighted by Gasteiger charge is 2.02. The molecule has 0 fully saturated rings. The van der Waals surface area contributed by atoms with E-state index in [4.69, 9.17) is 5.73 Å². The Hall–Kier alpha value is -1.83. The molecule has 0 saturated carbocycles. The zero-order chi connectivity index (χ0) is 10.8. The number of hydrogen-bond acceptors (Lipinski definition) is 2. The first-order valence-electron chi connectivity index (χ1n) is 4.95. The van der Waals surface area contributed by atoms with Gasteiger partial charge >= 0.3 is 0 Å². The molecular weight excluding hydrogens is 184 g/mol. The molecule has 1 aromatic heterocycles. The van der Waals surface area contributed by atoms with E-state index in [1.165, 1.54) is 5.56 Å². The first-order chi connectivity index (χ1) is 7.16. The number of rotatable bonds is 1. The van der Waals surface area contributed by atoms with E-state index >= 15 is 0 Å². The minimum atomic E-state index is 0.808. The van der Waals surface area contributed by atoms with Gasteiger partial charge in [-0.2, -0.15) is 0 Å². The second-order valence-corrected chi connectivity index (χ2v) is 3.84. The van der Waals surface area contributed by atoms with Gasteiger partial charge in [-0.05, 0) is 37.1 Å². The van der Waals surface area contributed by atoms with Crippen LogP contribution in [0, 0.1) is 13.8 Å². The molecule has 2 nitrogen and oxygen atoms in total. The summed E-state index contributed by atoms with van der Waals surface area (Å²) in [5.41, 5.74) is 11.2. The molecule has 0 unspecified atom stereocenters. The Balaban J connectivity index is 2.54. The smallest absolute Gasteiger partial charge is 0.0396 e. The van der Waals surface area contributed by atoms with E-state index in [0.29, 0.717) is 0 Å². The molecule has 2 aromatic rings. The Morgan fingerprint density at radius 2 is 1.80 bits per heavy atom. The second-order valence-electron chi connectivity index (χ2n) is 3.84. The van der Waals surface area contributed by atoms with Crippen molar-refractivity contribution in [1.82, 2.24) is 4.98 Å². The van der Waals surface area contributed by atoms with Crippen molar-refractivity contribution < 1.29 is 0 Å². The fourth-order valence-electron chi connectivity index (χ4n) is 1.65. The largest absolute Gasteiger partial charge is 0.398 e. The van der Waals surface area contributed by atoms with E-state index in [2.05, 4.69) is 17.1 Å². The average molecular weight is 198 g/mol. The van der Waals surface area contributed by atoms with Gasteiger partial charge in [-0.15, -0.1) is 0 Å². The van der Waals surface area contributed by atoms with E-state index in [1.54, 1.807) is 0 Å². The molecule has 76 valence electrons. The van der Waals surface area contributed by atoms with Crippen molar-refractivity contribution in [3.8, 4) is 11.1 Å². The van der Waals surface area contributed by atoms with Crippen molar-refractivity contribution in [1.29, 1.82) is 0 Å². The lowest BCUT2D eigenvalue weighted by Gasteiger charge is -2.06. The third-order valence-electron chi connectivity index (χ3n) is 2.39. The maximum atomic E-state index is 5.98. The van der Waals surface area contributed by atoms with Crippen LogP contribution in [0.1, 0.15) is 11.1 Å². The SMILES string of the molecule is Cc1cncc(-c2ccc(C)cc2N)c1. The highest BCUT2D eigenvalue weighted by atomic mass is 14.6. The minimum Gasteiger partial charge on any atom is -0.398 e. The van der Waals surface area contributed by atoms with Gasteiger partial charge in [0.25, 0.3) is 0 Å². The molecule has 0 radical (unpaired) electrons. The summed E-state index contributed by atoms with van der Waals surface area (Å²) in [5, 5.41) is 0. The summed E-state index contributed by atoms with van der Waals surface area (Å²) in [6, 6.07) is 8.18. The van der Waals surface area contributed by atoms with Crippen LogP contribution in [0.4, 0.5) is 5.69 Å². The first kappa shape index (κ1) is 9.71. The highest BCUT2D eigenvalue weighted by Crippen LogP contribution is 2.26. The summed E-state index contributed by atoms with van der Waals surface area (Å²) >= 11 is 0. The third kappa shape index (κ3) is 1.99. The van der Waals surface area contributed by atoms with Crippen LogP contribution in [0.2, 0.25) is 0 Å². The van der Waals surface area contributed by atoms with Crippen LogP contribution in [-0.4, -0.2) is 4.98 Å². The molecule has 0 aliphatic rings. The highest BCUT2D eigenvalue weighted by molar-refractivity contribution is 5.76. The van der Waals surface area contributed by atoms with Crippen LogP contribution in [0.25, 0.3) is 11.1 Å². The predicted octanol–water partition coefficient (Wildman–Crippen LogP) is 2.95. The monoisotopic (exact) mass is 198 g/mol. The Labute approximate surface area is 89.8 Å². The molecule has 2 rings (SSSR count). The number of aryl methyl sites for hydroxylation is 2. The van der Waals surface area contributed by atoms with Crippen LogP contribution < -0.4 is 5.73 Å². The van der Waals surface area contributed by atoms with Crippen molar-refractivity contribution in [2.24, 2.45) is 0 Å². The van der Waals surface area contributed by atoms with E-state index in [9.17, 15) is 0 Å². The number of nitrogen functional groups attached to an aromatic ring is 1. The van der Waals surface area contributed by atoms with Gasteiger partial charge < -0.3 is 5.73 Å². The number of nitrogens with zero attached hydrogens (tertiary/aromatic N) is 1. The van der Waals surface area contributed by atoms with Crippen molar-refractivity contribution in [2.75, 3.05) is 5.73 Å². The standard InChI is InChI=1S/C13H14N2/c1-9-3-4-12(13(14)6-9)11-5-10(2)7-15-8-11/h3-8H,14H2,1-2H3. The Morgan fingerprint density at radius 1 is 1.00 bits per heavy atom. The maximum Gasteiger partial charge on any atom is 0.0396 e. The molecular formula is C13H14N2. The van der Waals surface area contributed by atoms with Crippen molar-refractivity contribution in [2.45, 2.75) is 13.8 Å². The molecule has 2 N–H and O–H groups in total. The number of pyridine rings is 1. The Morgan fingerprint density at radius 3 is 2.47 bits per heavy atom. The first-order valence-corrected chi connectivity index (χ1v) is 4.95. The normalized spacial score (nSPS) is 10.3. The second kappa shape index (κ2) is 3.73. The average Bonchev–Trinajstić information content (AvgIpc) is 2.17. The van der Waals surface area contributed by atoms with E-state index < -0.39 is 0 Å². The number of nitrogens with two attached hydrogens (primary N) is 1. The summed E-state index contributed by atoms with van der Waals surface area (Å²) in [6.07, 6.45) is 3.68. The van der Waals surface area contributed by atoms with Crippen molar-refractivity contribution in [3.05, 3.63) is 47.8 Å². The summed E-state index contributed by atoms with van der Waals surface area (Å²) in [6.45, 7) is 4.06. The molecule has 0 aliphatic heterocycles. The fourth-order valence-corrected chi connectivity index (χ4v) is 1.65. The van der Waals surface area contributed by atoms with Gasteiger partial charge in [-0.1, -0.05) is 12.1 Å². The molecule has 0 saturated heterocycles. The molecule has 2 heteroatoms. The summed E-state index contributed by atoms with van der Waals surface area (Å²) in [5.74, 6) is 0. The number of hydrogen-bond donors (Lipinski definition) is 1. The summed E-state index contributed by atoms with van der Waals surface area (Å²) < 4.78 is 0. The lowest BCUT2D eigenvalue weighted by atomic mass is 10.0. The molecule has 1 aromatic carbocycles. The lowest BCUT2D eigenvalue weighted by Crippen LogP contribution is -1.91. The van der Waals surface area contributed by atoms with Crippen molar-refractivity contribution in [3.63, 3.8) is 0 Å². The molecule has 0 spiro atoms. The molecule has 1 heterocycles. The topological polar surface area (TPSA) is 38.9 Å². The van der Waals surface area contributed by atoms with Gasteiger partial charge in [-0.3, -0.25) is 4.98 Å². The van der Waals surface area contributed by atoms with Crippen molar-refractivity contribution >= 4 is 5.69 Å². The summed E-state index contributed by atoms with van der Waals surface area (Å²) in [4.78, 5) is 4.17. The third-order valence-corrected chi connectivity index (χ3v) is 2.39. The van der Waals surface area contributed by atoms with E-state index in [-0.39, 0.29) is 0 Å². The van der Waals surface area contributed by atoms with E-state index in [1.807, 2.05) is 38.4 Å². The Bertz CT molecular complexity index is 490. The zero-order valence-electron chi connectivity index (χ0n) is 8.99. The summed E-state index contributed by atoms with van der Waals surface area (Å²) in [7, 11) is 0. The number of benzene rings is 1. The van der Waals surface area contributed by atoms with Gasteiger partial charge in [-0.25, -0.2) is 0 Å². The van der Waals surface area contributed by atoms with Gasteiger partial charge in [0.1, 0.15) is 0 Å². The van der Waals surface area contributed by atoms with Crippen LogP contribution >= 0.6 is 0 Å². The minimum absolute atomic E-state index is 0.808. The van der Waals surface area contributed by atoms with Crippen LogP contribution in [0.15, 0.2) is 36.7 Å². The predicted molar refractivity (Wildman–Crippen MR) is 63.6 cm³/mol. The number of anilines is 1. The molecule has 0 atom stereocenters. The van der Waals surface area contributed by atoms with Gasteiger partial charge in [0.2, 0.25) is 0 Å². The van der Waals surface area contributed by atoms with Crippen LogP contribution in [0.3, 0.4) is 0 Å². The Kier molecular flexibility index (Phi) is 2.42. The quantitative estimate of drug-likeness (QED) is 0.715. The molecule has 0 amide bonds. The molecule has 15 heavy (non-hydrogen) atoms. The molecule has 0 aliphatic carbocycles.